The van der Waals surface area contributed by atoms with Gasteiger partial charge in [-0.15, -0.1) is 0 Å². The van der Waals surface area contributed by atoms with Crippen molar-refractivity contribution in [3.05, 3.63) is 102 Å². The predicted molar refractivity (Wildman–Crippen MR) is 139 cm³/mol. The van der Waals surface area contributed by atoms with Crippen molar-refractivity contribution in [3.63, 3.8) is 0 Å². The van der Waals surface area contributed by atoms with Gasteiger partial charge in [0.2, 0.25) is 0 Å². The molecule has 166 valence electrons. The van der Waals surface area contributed by atoms with Crippen molar-refractivity contribution in [2.24, 2.45) is 4.99 Å². The maximum atomic E-state index is 5.41. The Morgan fingerprint density at radius 1 is 0.848 bits per heavy atom. The Balaban J connectivity index is 1.77. The Morgan fingerprint density at radius 3 is 2.27 bits per heavy atom. The maximum absolute atomic E-state index is 5.41. The Bertz CT molecular complexity index is 1280. The first kappa shape index (κ1) is 21.4. The van der Waals surface area contributed by atoms with Gasteiger partial charge in [-0.3, -0.25) is 4.99 Å². The van der Waals surface area contributed by atoms with Crippen LogP contribution in [0.5, 0.6) is 0 Å². The smallest absolute Gasteiger partial charge is 0.130 e. The summed E-state index contributed by atoms with van der Waals surface area (Å²) in [6, 6.07) is 29.8. The Labute approximate surface area is 196 Å². The number of hydrogen-bond donors (Lipinski definition) is 1. The van der Waals surface area contributed by atoms with Crippen LogP contribution in [0.25, 0.3) is 22.2 Å². The molecule has 4 aromatic rings. The van der Waals surface area contributed by atoms with E-state index in [2.05, 4.69) is 104 Å². The minimum Gasteiger partial charge on any atom is -0.367 e. The van der Waals surface area contributed by atoms with E-state index in [-0.39, 0.29) is 5.54 Å². The molecule has 1 aliphatic heterocycles. The molecule has 0 aliphatic carbocycles. The third-order valence-electron chi connectivity index (χ3n) is 6.83. The first-order chi connectivity index (χ1) is 16.3. The highest BCUT2D eigenvalue weighted by Crippen LogP contribution is 2.37. The summed E-state index contributed by atoms with van der Waals surface area (Å²) in [5.41, 5.74) is 6.81. The summed E-state index contributed by atoms with van der Waals surface area (Å²) in [5, 5.41) is 4.90. The zero-order valence-corrected chi connectivity index (χ0v) is 19.5. The molecule has 0 bridgehead atoms. The third kappa shape index (κ3) is 3.93. The second kappa shape index (κ2) is 9.19. The fourth-order valence-corrected chi connectivity index (χ4v) is 4.94. The van der Waals surface area contributed by atoms with E-state index in [1.54, 1.807) is 0 Å². The molecular weight excluding hydrogens is 402 g/mol. The number of rotatable bonds is 7. The monoisotopic (exact) mass is 433 g/mol. The summed E-state index contributed by atoms with van der Waals surface area (Å²) in [5.74, 6) is 1.00. The van der Waals surface area contributed by atoms with Crippen molar-refractivity contribution in [2.75, 3.05) is 6.54 Å². The highest BCUT2D eigenvalue weighted by atomic mass is 15.1. The number of pyridine rings is 1. The molecule has 0 saturated heterocycles. The maximum Gasteiger partial charge on any atom is 0.130 e. The van der Waals surface area contributed by atoms with Crippen molar-refractivity contribution < 1.29 is 0 Å². The Kier molecular flexibility index (Phi) is 5.95. The second-order valence-corrected chi connectivity index (χ2v) is 8.87. The average Bonchev–Trinajstić information content (AvgIpc) is 3.33. The molecular formula is C30H31N3. The molecule has 1 unspecified atom stereocenters. The zero-order valence-electron chi connectivity index (χ0n) is 19.5. The molecule has 0 radical (unpaired) electrons. The van der Waals surface area contributed by atoms with Crippen molar-refractivity contribution in [1.82, 2.24) is 10.3 Å². The van der Waals surface area contributed by atoms with Crippen molar-refractivity contribution in [3.8, 4) is 11.3 Å². The van der Waals surface area contributed by atoms with Gasteiger partial charge in [-0.05, 0) is 36.5 Å². The van der Waals surface area contributed by atoms with E-state index in [4.69, 9.17) is 9.98 Å². The SMILES string of the molecule is CCCCc1c(-c2ccccc2)nc2ccccc2c1C1=NC(CC)(c2ccccc2)CN1. The number of nitrogens with one attached hydrogen (secondary N) is 1. The predicted octanol–water partition coefficient (Wildman–Crippen LogP) is 6.90. The quantitative estimate of drug-likeness (QED) is 0.344. The van der Waals surface area contributed by atoms with Gasteiger partial charge in [-0.2, -0.15) is 0 Å². The second-order valence-electron chi connectivity index (χ2n) is 8.87. The number of aromatic nitrogens is 1. The van der Waals surface area contributed by atoms with E-state index in [0.29, 0.717) is 0 Å². The summed E-state index contributed by atoms with van der Waals surface area (Å²) in [7, 11) is 0. The lowest BCUT2D eigenvalue weighted by Gasteiger charge is -2.23. The molecule has 0 fully saturated rings. The number of nitrogens with zero attached hydrogens (tertiary/aromatic N) is 2. The van der Waals surface area contributed by atoms with Crippen LogP contribution in [-0.4, -0.2) is 17.4 Å². The van der Waals surface area contributed by atoms with Crippen molar-refractivity contribution >= 4 is 16.7 Å². The Morgan fingerprint density at radius 2 is 1.55 bits per heavy atom. The van der Waals surface area contributed by atoms with E-state index in [9.17, 15) is 0 Å². The number of hydrogen-bond acceptors (Lipinski definition) is 3. The highest BCUT2D eigenvalue weighted by molar-refractivity contribution is 6.12. The molecule has 2 heterocycles. The van der Waals surface area contributed by atoms with Crippen molar-refractivity contribution in [2.45, 2.75) is 45.1 Å². The van der Waals surface area contributed by atoms with Gasteiger partial charge in [-0.1, -0.05) is 99.1 Å². The van der Waals surface area contributed by atoms with Crippen LogP contribution in [0, 0.1) is 0 Å². The van der Waals surface area contributed by atoms with Crippen LogP contribution in [0.1, 0.15) is 49.8 Å². The largest absolute Gasteiger partial charge is 0.367 e. The topological polar surface area (TPSA) is 37.3 Å². The van der Waals surface area contributed by atoms with Gasteiger partial charge in [0.15, 0.2) is 0 Å². The van der Waals surface area contributed by atoms with Crippen LogP contribution in [0.15, 0.2) is 89.9 Å². The van der Waals surface area contributed by atoms with Gasteiger partial charge >= 0.3 is 0 Å². The van der Waals surface area contributed by atoms with Gasteiger partial charge in [0.25, 0.3) is 0 Å². The number of para-hydroxylation sites is 1. The van der Waals surface area contributed by atoms with E-state index >= 15 is 0 Å². The molecule has 0 spiro atoms. The lowest BCUT2D eigenvalue weighted by Crippen LogP contribution is -2.30. The lowest BCUT2D eigenvalue weighted by molar-refractivity contribution is 0.455. The first-order valence-corrected chi connectivity index (χ1v) is 12.1. The molecule has 0 amide bonds. The first-order valence-electron chi connectivity index (χ1n) is 12.1. The number of amidine groups is 1. The summed E-state index contributed by atoms with van der Waals surface area (Å²) in [6.07, 6.45) is 4.20. The highest BCUT2D eigenvalue weighted by Gasteiger charge is 2.36. The number of unbranched alkanes of at least 4 members (excludes halogenated alkanes) is 1. The summed E-state index contributed by atoms with van der Waals surface area (Å²) >= 11 is 0. The van der Waals surface area contributed by atoms with Gasteiger partial charge in [0.05, 0.1) is 11.2 Å². The molecule has 3 nitrogen and oxygen atoms in total. The summed E-state index contributed by atoms with van der Waals surface area (Å²) < 4.78 is 0. The van der Waals surface area contributed by atoms with Gasteiger partial charge in [-0.25, -0.2) is 4.98 Å². The zero-order chi connectivity index (χ0) is 22.7. The normalized spacial score (nSPS) is 17.7. The molecule has 3 aromatic carbocycles. The van der Waals surface area contributed by atoms with Crippen LogP contribution in [0.2, 0.25) is 0 Å². The fourth-order valence-electron chi connectivity index (χ4n) is 4.94. The molecule has 0 saturated carbocycles. The standard InChI is InChI=1S/C30H31N3/c1-3-5-18-25-27(29-31-21-30(4-2,33-29)23-16-10-7-11-17-23)24-19-12-13-20-26(24)32-28(25)22-14-8-6-9-15-22/h6-17,19-20H,3-5,18,21H2,1-2H3,(H,31,33). The molecule has 1 aliphatic rings. The van der Waals surface area contributed by atoms with E-state index < -0.39 is 0 Å². The Hall–Kier alpha value is -3.46. The van der Waals surface area contributed by atoms with E-state index in [1.165, 1.54) is 27.6 Å². The number of fused-ring (bicyclic) bond motifs is 1. The summed E-state index contributed by atoms with van der Waals surface area (Å²) in [4.78, 5) is 10.6. The molecule has 1 N–H and O–H groups in total. The molecule has 5 rings (SSSR count). The van der Waals surface area contributed by atoms with Crippen LogP contribution >= 0.6 is 0 Å². The number of benzene rings is 3. The van der Waals surface area contributed by atoms with E-state index in [0.717, 1.165) is 49.3 Å². The number of aliphatic imine (C=N–C) groups is 1. The van der Waals surface area contributed by atoms with Crippen LogP contribution in [0.4, 0.5) is 0 Å². The van der Waals surface area contributed by atoms with E-state index in [1.807, 2.05) is 0 Å². The minimum absolute atomic E-state index is 0.240. The van der Waals surface area contributed by atoms with Gasteiger partial charge < -0.3 is 5.32 Å². The minimum atomic E-state index is -0.240. The fraction of sp³-hybridized carbons (Fsp3) is 0.267. The molecule has 1 atom stereocenters. The average molecular weight is 434 g/mol. The molecule has 33 heavy (non-hydrogen) atoms. The van der Waals surface area contributed by atoms with Crippen LogP contribution < -0.4 is 5.32 Å². The third-order valence-corrected chi connectivity index (χ3v) is 6.83. The molecule has 1 aromatic heterocycles. The van der Waals surface area contributed by atoms with Crippen LogP contribution in [-0.2, 0) is 12.0 Å². The molecule has 3 heteroatoms. The van der Waals surface area contributed by atoms with Gasteiger partial charge in [0.1, 0.15) is 11.4 Å². The summed E-state index contributed by atoms with van der Waals surface area (Å²) in [6.45, 7) is 5.30. The lowest BCUT2D eigenvalue weighted by atomic mass is 9.88. The van der Waals surface area contributed by atoms with Crippen molar-refractivity contribution in [1.29, 1.82) is 0 Å². The van der Waals surface area contributed by atoms with Crippen LogP contribution in [0.3, 0.4) is 0 Å². The van der Waals surface area contributed by atoms with Gasteiger partial charge in [0, 0.05) is 23.1 Å².